The first kappa shape index (κ1) is 15.5. The van der Waals surface area contributed by atoms with E-state index in [1.54, 1.807) is 23.5 Å². The smallest absolute Gasteiger partial charge is 0.234 e. The molecule has 114 valence electrons. The van der Waals surface area contributed by atoms with Crippen molar-refractivity contribution in [3.05, 3.63) is 53.6 Å². The molecule has 0 saturated carbocycles. The van der Waals surface area contributed by atoms with E-state index in [1.807, 2.05) is 30.5 Å². The summed E-state index contributed by atoms with van der Waals surface area (Å²) in [5.74, 6) is 0.491. The highest BCUT2D eigenvalue weighted by Crippen LogP contribution is 2.27. The maximum absolute atomic E-state index is 12.0. The molecule has 0 radical (unpaired) electrons. The van der Waals surface area contributed by atoms with E-state index in [4.69, 9.17) is 0 Å². The maximum atomic E-state index is 12.0. The summed E-state index contributed by atoms with van der Waals surface area (Å²) in [5, 5.41) is 2.95. The number of hydrogen-bond acceptors (Lipinski definition) is 3. The molecule has 0 saturated heterocycles. The summed E-state index contributed by atoms with van der Waals surface area (Å²) in [6.45, 7) is 0. The van der Waals surface area contributed by atoms with Crippen LogP contribution in [0.1, 0.15) is 17.5 Å². The molecule has 0 aliphatic heterocycles. The zero-order valence-electron chi connectivity index (χ0n) is 12.6. The van der Waals surface area contributed by atoms with Crippen molar-refractivity contribution in [2.24, 2.45) is 0 Å². The Morgan fingerprint density at radius 3 is 2.55 bits per heavy atom. The molecule has 1 aliphatic carbocycles. The number of carbonyl (C=O) groups is 1. The van der Waals surface area contributed by atoms with Crippen LogP contribution < -0.4 is 5.32 Å². The Kier molecular flexibility index (Phi) is 5.11. The monoisotopic (exact) mass is 329 g/mol. The quantitative estimate of drug-likeness (QED) is 0.811. The highest BCUT2D eigenvalue weighted by atomic mass is 32.2. The molecule has 3 rings (SSSR count). The molecule has 0 aromatic heterocycles. The summed E-state index contributed by atoms with van der Waals surface area (Å²) in [6.07, 6.45) is 5.68. The molecule has 0 atom stereocenters. The number of carbonyl (C=O) groups excluding carboxylic acids is 1. The Morgan fingerprint density at radius 1 is 1.05 bits per heavy atom. The molecule has 2 aromatic carbocycles. The largest absolute Gasteiger partial charge is 0.325 e. The summed E-state index contributed by atoms with van der Waals surface area (Å²) < 4.78 is 0. The van der Waals surface area contributed by atoms with E-state index in [0.29, 0.717) is 5.75 Å². The van der Waals surface area contributed by atoms with E-state index in [9.17, 15) is 4.79 Å². The first-order chi connectivity index (χ1) is 10.7. The van der Waals surface area contributed by atoms with Crippen LogP contribution in [0.15, 0.2) is 52.3 Å². The average molecular weight is 329 g/mol. The molecule has 2 aromatic rings. The number of fused-ring (bicyclic) bond motifs is 1. The topological polar surface area (TPSA) is 29.1 Å². The molecule has 1 amide bonds. The molecule has 4 heteroatoms. The van der Waals surface area contributed by atoms with Gasteiger partial charge in [0.15, 0.2) is 0 Å². The van der Waals surface area contributed by atoms with E-state index in [0.717, 1.165) is 5.69 Å². The van der Waals surface area contributed by atoms with E-state index >= 15 is 0 Å². The molecule has 0 bridgehead atoms. The van der Waals surface area contributed by atoms with Crippen LogP contribution in [0.2, 0.25) is 0 Å². The predicted molar refractivity (Wildman–Crippen MR) is 96.0 cm³/mol. The number of anilines is 1. The zero-order valence-corrected chi connectivity index (χ0v) is 14.2. The third kappa shape index (κ3) is 3.87. The summed E-state index contributed by atoms with van der Waals surface area (Å²) in [7, 11) is 0. The standard InChI is InChI=1S/C18H19NOS2/c1-21-16-9-6-15(7-10-16)19-18(20)12-22-17-8-5-13-3-2-4-14(13)11-17/h5-11H,2-4,12H2,1H3,(H,19,20). The number of benzene rings is 2. The van der Waals surface area contributed by atoms with Crippen molar-refractivity contribution in [2.75, 3.05) is 17.3 Å². The molecule has 0 unspecified atom stereocenters. The number of amides is 1. The fraction of sp³-hybridized carbons (Fsp3) is 0.278. The second kappa shape index (κ2) is 7.25. The first-order valence-electron chi connectivity index (χ1n) is 7.43. The van der Waals surface area contributed by atoms with Gasteiger partial charge in [-0.25, -0.2) is 0 Å². The molecule has 0 spiro atoms. The number of nitrogens with one attached hydrogen (secondary N) is 1. The Labute approximate surface area is 140 Å². The average Bonchev–Trinajstić information content (AvgIpc) is 3.01. The van der Waals surface area contributed by atoms with Gasteiger partial charge in [-0.15, -0.1) is 23.5 Å². The Morgan fingerprint density at radius 2 is 1.77 bits per heavy atom. The van der Waals surface area contributed by atoms with Crippen molar-refractivity contribution in [3.8, 4) is 0 Å². The second-order valence-corrected chi connectivity index (χ2v) is 7.28. The van der Waals surface area contributed by atoms with Crippen molar-refractivity contribution in [1.82, 2.24) is 0 Å². The lowest BCUT2D eigenvalue weighted by atomic mass is 10.1. The van der Waals surface area contributed by atoms with Gasteiger partial charge in [-0.3, -0.25) is 4.79 Å². The van der Waals surface area contributed by atoms with E-state index in [-0.39, 0.29) is 5.91 Å². The van der Waals surface area contributed by atoms with Crippen molar-refractivity contribution in [1.29, 1.82) is 0 Å². The van der Waals surface area contributed by atoms with Crippen LogP contribution in [-0.2, 0) is 17.6 Å². The molecule has 2 nitrogen and oxygen atoms in total. The van der Waals surface area contributed by atoms with Gasteiger partial charge in [-0.1, -0.05) is 6.07 Å². The van der Waals surface area contributed by atoms with Crippen LogP contribution in [0.25, 0.3) is 0 Å². The molecule has 1 N–H and O–H groups in total. The fourth-order valence-corrected chi connectivity index (χ4v) is 3.83. The highest BCUT2D eigenvalue weighted by Gasteiger charge is 2.11. The van der Waals surface area contributed by atoms with E-state index in [1.165, 1.54) is 40.2 Å². The van der Waals surface area contributed by atoms with Crippen molar-refractivity contribution in [2.45, 2.75) is 29.1 Å². The Bertz CT molecular complexity index is 667. The van der Waals surface area contributed by atoms with Crippen LogP contribution >= 0.6 is 23.5 Å². The molecule has 0 fully saturated rings. The molecular weight excluding hydrogens is 310 g/mol. The lowest BCUT2D eigenvalue weighted by Crippen LogP contribution is -2.13. The number of thioether (sulfide) groups is 2. The molecule has 1 aliphatic rings. The van der Waals surface area contributed by atoms with E-state index < -0.39 is 0 Å². The fourth-order valence-electron chi connectivity index (χ4n) is 2.66. The Balaban J connectivity index is 1.53. The number of aryl methyl sites for hydroxylation is 2. The van der Waals surface area contributed by atoms with Gasteiger partial charge in [0.05, 0.1) is 5.75 Å². The van der Waals surface area contributed by atoms with Gasteiger partial charge in [-0.2, -0.15) is 0 Å². The lowest BCUT2D eigenvalue weighted by Gasteiger charge is -2.07. The molecular formula is C18H19NOS2. The predicted octanol–water partition coefficient (Wildman–Crippen LogP) is 4.63. The van der Waals surface area contributed by atoms with Crippen LogP contribution in [0.4, 0.5) is 5.69 Å². The summed E-state index contributed by atoms with van der Waals surface area (Å²) in [4.78, 5) is 14.4. The SMILES string of the molecule is CSc1ccc(NC(=O)CSc2ccc3c(c2)CCC3)cc1. The summed E-state index contributed by atoms with van der Waals surface area (Å²) in [6, 6.07) is 14.5. The normalized spacial score (nSPS) is 13.0. The summed E-state index contributed by atoms with van der Waals surface area (Å²) in [5.41, 5.74) is 3.79. The van der Waals surface area contributed by atoms with Crippen molar-refractivity contribution < 1.29 is 4.79 Å². The van der Waals surface area contributed by atoms with Gasteiger partial charge in [0.2, 0.25) is 5.91 Å². The highest BCUT2D eigenvalue weighted by molar-refractivity contribution is 8.00. The van der Waals surface area contributed by atoms with Gasteiger partial charge in [-0.05, 0) is 73.0 Å². The lowest BCUT2D eigenvalue weighted by molar-refractivity contribution is -0.113. The van der Waals surface area contributed by atoms with Crippen LogP contribution in [0.5, 0.6) is 0 Å². The van der Waals surface area contributed by atoms with Gasteiger partial charge in [0, 0.05) is 15.5 Å². The minimum Gasteiger partial charge on any atom is -0.325 e. The van der Waals surface area contributed by atoms with Gasteiger partial charge >= 0.3 is 0 Å². The maximum Gasteiger partial charge on any atom is 0.234 e. The minimum absolute atomic E-state index is 0.0439. The Hall–Kier alpha value is -1.39. The molecule has 0 heterocycles. The van der Waals surface area contributed by atoms with Gasteiger partial charge in [0.1, 0.15) is 0 Å². The van der Waals surface area contributed by atoms with Crippen molar-refractivity contribution in [3.63, 3.8) is 0 Å². The second-order valence-electron chi connectivity index (χ2n) is 5.35. The number of rotatable bonds is 5. The zero-order chi connectivity index (χ0) is 15.4. The number of hydrogen-bond donors (Lipinski definition) is 1. The third-order valence-electron chi connectivity index (χ3n) is 3.81. The summed E-state index contributed by atoms with van der Waals surface area (Å²) >= 11 is 3.30. The van der Waals surface area contributed by atoms with Crippen LogP contribution in [0, 0.1) is 0 Å². The first-order valence-corrected chi connectivity index (χ1v) is 9.64. The van der Waals surface area contributed by atoms with Crippen LogP contribution in [-0.4, -0.2) is 17.9 Å². The van der Waals surface area contributed by atoms with Crippen LogP contribution in [0.3, 0.4) is 0 Å². The minimum atomic E-state index is 0.0439. The van der Waals surface area contributed by atoms with E-state index in [2.05, 4.69) is 23.5 Å². The van der Waals surface area contributed by atoms with Gasteiger partial charge < -0.3 is 5.32 Å². The third-order valence-corrected chi connectivity index (χ3v) is 5.55. The molecule has 22 heavy (non-hydrogen) atoms. The van der Waals surface area contributed by atoms with Crippen molar-refractivity contribution >= 4 is 35.1 Å². The van der Waals surface area contributed by atoms with Gasteiger partial charge in [0.25, 0.3) is 0 Å².